The van der Waals surface area contributed by atoms with E-state index in [1.165, 1.54) is 25.7 Å². The number of aliphatic imine (C=N–C) groups is 1. The number of nitrogens with one attached hydrogen (secondary N) is 2. The van der Waals surface area contributed by atoms with Crippen LogP contribution >= 0.6 is 0 Å². The molecule has 6 nitrogen and oxygen atoms in total. The molecular formula is C20H33N3O3S. The fraction of sp³-hybridized carbons (Fsp3) is 0.650. The Morgan fingerprint density at radius 2 is 1.89 bits per heavy atom. The largest absolute Gasteiger partial charge is 0.385 e. The third-order valence-corrected chi connectivity index (χ3v) is 6.92. The molecule has 1 aromatic rings. The third kappa shape index (κ3) is 6.81. The van der Waals surface area contributed by atoms with Crippen LogP contribution in [0.5, 0.6) is 0 Å². The maximum atomic E-state index is 12.4. The van der Waals surface area contributed by atoms with E-state index >= 15 is 0 Å². The van der Waals surface area contributed by atoms with E-state index in [0.29, 0.717) is 17.4 Å². The van der Waals surface area contributed by atoms with E-state index in [2.05, 4.69) is 10.6 Å². The van der Waals surface area contributed by atoms with E-state index < -0.39 is 9.84 Å². The van der Waals surface area contributed by atoms with Crippen LogP contribution < -0.4 is 10.6 Å². The fourth-order valence-corrected chi connectivity index (χ4v) is 4.75. The van der Waals surface area contributed by atoms with Crippen LogP contribution in [0.1, 0.15) is 39.0 Å². The number of hydrogen-bond acceptors (Lipinski definition) is 4. The van der Waals surface area contributed by atoms with Crippen LogP contribution in [0.3, 0.4) is 0 Å². The summed E-state index contributed by atoms with van der Waals surface area (Å²) < 4.78 is 30.1. The van der Waals surface area contributed by atoms with Gasteiger partial charge in [0, 0.05) is 33.4 Å². The lowest BCUT2D eigenvalue weighted by Crippen LogP contribution is -2.40. The lowest BCUT2D eigenvalue weighted by atomic mass is 9.83. The van der Waals surface area contributed by atoms with Gasteiger partial charge < -0.3 is 15.4 Å². The van der Waals surface area contributed by atoms with Crippen molar-refractivity contribution in [2.75, 3.05) is 39.1 Å². The smallest absolute Gasteiger partial charge is 0.191 e. The van der Waals surface area contributed by atoms with Crippen molar-refractivity contribution in [1.82, 2.24) is 10.6 Å². The average Bonchev–Trinajstić information content (AvgIpc) is 3.14. The van der Waals surface area contributed by atoms with Gasteiger partial charge in [0.15, 0.2) is 15.8 Å². The quantitative estimate of drug-likeness (QED) is 0.470. The van der Waals surface area contributed by atoms with E-state index in [1.807, 2.05) is 13.0 Å². The van der Waals surface area contributed by atoms with Crippen molar-refractivity contribution in [3.63, 3.8) is 0 Å². The second-order valence-electron chi connectivity index (χ2n) is 7.20. The van der Waals surface area contributed by atoms with Crippen molar-refractivity contribution in [3.8, 4) is 0 Å². The van der Waals surface area contributed by atoms with E-state index in [0.717, 1.165) is 26.1 Å². The van der Waals surface area contributed by atoms with Crippen LogP contribution in [0.25, 0.3) is 0 Å². The molecule has 7 heteroatoms. The molecule has 0 spiro atoms. The summed E-state index contributed by atoms with van der Waals surface area (Å²) in [5.41, 5.74) is 0.217. The highest BCUT2D eigenvalue weighted by Crippen LogP contribution is 2.41. The first kappa shape index (κ1) is 21.7. The number of guanidine groups is 1. The van der Waals surface area contributed by atoms with Crippen molar-refractivity contribution in [1.29, 1.82) is 0 Å². The summed E-state index contributed by atoms with van der Waals surface area (Å²) in [4.78, 5) is 5.12. The number of nitrogens with zero attached hydrogens (tertiary/aromatic N) is 1. The zero-order valence-corrected chi connectivity index (χ0v) is 17.4. The van der Waals surface area contributed by atoms with Crippen LogP contribution in [0, 0.1) is 5.41 Å². The molecule has 2 N–H and O–H groups in total. The van der Waals surface area contributed by atoms with Crippen LogP contribution in [0.15, 0.2) is 40.2 Å². The molecule has 1 aliphatic rings. The topological polar surface area (TPSA) is 79.8 Å². The Labute approximate surface area is 163 Å². The molecular weight excluding hydrogens is 362 g/mol. The summed E-state index contributed by atoms with van der Waals surface area (Å²) in [5.74, 6) is 0.723. The predicted octanol–water partition coefficient (Wildman–Crippen LogP) is 2.61. The van der Waals surface area contributed by atoms with Gasteiger partial charge in [0.1, 0.15) is 0 Å². The second kappa shape index (κ2) is 10.7. The Kier molecular flexibility index (Phi) is 8.57. The molecule has 0 bridgehead atoms. The van der Waals surface area contributed by atoms with E-state index in [4.69, 9.17) is 9.73 Å². The van der Waals surface area contributed by atoms with Crippen molar-refractivity contribution in [3.05, 3.63) is 30.3 Å². The summed E-state index contributed by atoms with van der Waals surface area (Å²) >= 11 is 0. The predicted molar refractivity (Wildman–Crippen MR) is 110 cm³/mol. The zero-order valence-electron chi connectivity index (χ0n) is 16.5. The summed E-state index contributed by atoms with van der Waals surface area (Å²) in [6.07, 6.45) is 5.88. The van der Waals surface area contributed by atoms with Gasteiger partial charge in [-0.15, -0.1) is 0 Å². The van der Waals surface area contributed by atoms with Crippen LogP contribution in [-0.4, -0.2) is 53.5 Å². The summed E-state index contributed by atoms with van der Waals surface area (Å²) in [6, 6.07) is 8.57. The summed E-state index contributed by atoms with van der Waals surface area (Å²) in [5, 5.41) is 6.39. The first-order valence-electron chi connectivity index (χ1n) is 9.80. The van der Waals surface area contributed by atoms with E-state index in [9.17, 15) is 8.42 Å². The number of hydrogen-bond donors (Lipinski definition) is 2. The van der Waals surface area contributed by atoms with Crippen molar-refractivity contribution in [2.45, 2.75) is 43.9 Å². The highest BCUT2D eigenvalue weighted by atomic mass is 32.2. The van der Waals surface area contributed by atoms with Gasteiger partial charge in [0.25, 0.3) is 0 Å². The Morgan fingerprint density at radius 1 is 1.19 bits per heavy atom. The number of benzene rings is 1. The van der Waals surface area contributed by atoms with Gasteiger partial charge in [-0.05, 0) is 43.7 Å². The minimum atomic E-state index is -3.29. The van der Waals surface area contributed by atoms with Crippen LogP contribution in [-0.2, 0) is 14.6 Å². The molecule has 0 aromatic heterocycles. The van der Waals surface area contributed by atoms with Gasteiger partial charge in [0.2, 0.25) is 0 Å². The fourth-order valence-electron chi connectivity index (χ4n) is 3.57. The molecule has 152 valence electrons. The molecule has 1 aliphatic carbocycles. The lowest BCUT2D eigenvalue weighted by molar-refractivity contribution is 0.141. The maximum absolute atomic E-state index is 12.4. The zero-order chi connectivity index (χ0) is 19.6. The van der Waals surface area contributed by atoms with Gasteiger partial charge >= 0.3 is 0 Å². The highest BCUT2D eigenvalue weighted by molar-refractivity contribution is 7.91. The second-order valence-corrected chi connectivity index (χ2v) is 9.31. The van der Waals surface area contributed by atoms with Crippen LogP contribution in [0.4, 0.5) is 0 Å². The van der Waals surface area contributed by atoms with Gasteiger partial charge in [-0.2, -0.15) is 0 Å². The normalized spacial score (nSPS) is 17.0. The molecule has 0 amide bonds. The third-order valence-electron chi connectivity index (χ3n) is 5.18. The molecule has 0 radical (unpaired) electrons. The Bertz CT molecular complexity index is 684. The minimum absolute atomic E-state index is 0.0379. The van der Waals surface area contributed by atoms with E-state index in [-0.39, 0.29) is 11.2 Å². The van der Waals surface area contributed by atoms with Gasteiger partial charge in [0.05, 0.1) is 10.6 Å². The Morgan fingerprint density at radius 3 is 2.52 bits per heavy atom. The molecule has 1 saturated carbocycles. The molecule has 1 fully saturated rings. The van der Waals surface area contributed by atoms with Crippen molar-refractivity contribution < 1.29 is 13.2 Å². The monoisotopic (exact) mass is 395 g/mol. The van der Waals surface area contributed by atoms with Crippen molar-refractivity contribution >= 4 is 15.8 Å². The minimum Gasteiger partial charge on any atom is -0.385 e. The first-order chi connectivity index (χ1) is 13.0. The standard InChI is InChI=1S/C20H33N3O3S/c1-3-21-19(23-17-20(13-15-26-2)11-7-8-12-20)22-14-16-27(24,25)18-9-5-4-6-10-18/h4-6,9-10H,3,7-8,11-17H2,1-2H3,(H2,21,22,23). The molecule has 0 heterocycles. The molecule has 0 atom stereocenters. The van der Waals surface area contributed by atoms with Crippen LogP contribution in [0.2, 0.25) is 0 Å². The SMILES string of the molecule is CCNC(=NCC1(CCOC)CCCC1)NCCS(=O)(=O)c1ccccc1. The number of sulfone groups is 1. The Hall–Kier alpha value is -1.60. The molecule has 2 rings (SSSR count). The maximum Gasteiger partial charge on any atom is 0.191 e. The molecule has 0 saturated heterocycles. The Balaban J connectivity index is 1.93. The average molecular weight is 396 g/mol. The van der Waals surface area contributed by atoms with Gasteiger partial charge in [-0.3, -0.25) is 4.99 Å². The number of rotatable bonds is 10. The molecule has 27 heavy (non-hydrogen) atoms. The lowest BCUT2D eigenvalue weighted by Gasteiger charge is -2.27. The van der Waals surface area contributed by atoms with Crippen molar-refractivity contribution in [2.24, 2.45) is 10.4 Å². The summed E-state index contributed by atoms with van der Waals surface area (Å²) in [7, 11) is -1.55. The van der Waals surface area contributed by atoms with E-state index in [1.54, 1.807) is 31.4 Å². The van der Waals surface area contributed by atoms with Gasteiger partial charge in [-0.25, -0.2) is 8.42 Å². The molecule has 0 aliphatic heterocycles. The highest BCUT2D eigenvalue weighted by Gasteiger charge is 2.33. The molecule has 0 unspecified atom stereocenters. The summed E-state index contributed by atoms with van der Waals surface area (Å²) in [6.45, 7) is 4.58. The molecule has 1 aromatic carbocycles. The van der Waals surface area contributed by atoms with Gasteiger partial charge in [-0.1, -0.05) is 31.0 Å². The number of ether oxygens (including phenoxy) is 1. The number of methoxy groups -OCH3 is 1. The first-order valence-corrected chi connectivity index (χ1v) is 11.5.